The van der Waals surface area contributed by atoms with Crippen molar-refractivity contribution in [3.63, 3.8) is 0 Å². The Hall–Kier alpha value is -2.11. The molecule has 0 N–H and O–H groups in total. The number of nitrogens with zero attached hydrogens (tertiary/aromatic N) is 2. The third-order valence-corrected chi connectivity index (χ3v) is 4.26. The molecule has 0 saturated carbocycles. The van der Waals surface area contributed by atoms with Gasteiger partial charge in [-0.05, 0) is 24.3 Å². The zero-order valence-corrected chi connectivity index (χ0v) is 12.3. The molecule has 0 aliphatic rings. The molecule has 0 bridgehead atoms. The second-order valence-corrected chi connectivity index (χ2v) is 5.80. The van der Waals surface area contributed by atoms with Gasteiger partial charge in [-0.2, -0.15) is 0 Å². The molecule has 3 aromatic rings. The zero-order valence-electron chi connectivity index (χ0n) is 10.7. The van der Waals surface area contributed by atoms with Crippen molar-refractivity contribution < 1.29 is 4.92 Å². The van der Waals surface area contributed by atoms with Crippen molar-refractivity contribution in [3.05, 3.63) is 70.0 Å². The smallest absolute Gasteiger partial charge is 0.258 e. The van der Waals surface area contributed by atoms with Gasteiger partial charge in [0.05, 0.1) is 10.3 Å². The van der Waals surface area contributed by atoms with Gasteiger partial charge in [0.1, 0.15) is 5.15 Å². The fraction of sp³-hybridized carbons (Fsp3) is 0. The number of benzene rings is 2. The summed E-state index contributed by atoms with van der Waals surface area (Å²) in [5.74, 6) is 0. The largest absolute Gasteiger partial charge is 0.277 e. The number of halogens is 1. The Morgan fingerprint density at radius 3 is 2.57 bits per heavy atom. The van der Waals surface area contributed by atoms with Crippen LogP contribution in [-0.2, 0) is 0 Å². The molecule has 1 aromatic heterocycles. The molecule has 2 aromatic carbocycles. The first-order valence-corrected chi connectivity index (χ1v) is 7.30. The summed E-state index contributed by atoms with van der Waals surface area (Å²) in [5.41, 5.74) is 0.114. The molecule has 1 heterocycles. The topological polar surface area (TPSA) is 56.0 Å². The Morgan fingerprint density at radius 2 is 1.86 bits per heavy atom. The lowest BCUT2D eigenvalue weighted by atomic mass is 10.1. The Bertz CT molecular complexity index is 839. The van der Waals surface area contributed by atoms with E-state index in [0.29, 0.717) is 10.5 Å². The minimum atomic E-state index is -0.361. The maximum absolute atomic E-state index is 11.1. The first kappa shape index (κ1) is 13.9. The highest BCUT2D eigenvalue weighted by atomic mass is 35.5. The molecular weight excluding hydrogens is 308 g/mol. The summed E-state index contributed by atoms with van der Waals surface area (Å²) in [4.78, 5) is 16.6. The molecule has 0 aliphatic heterocycles. The van der Waals surface area contributed by atoms with E-state index < -0.39 is 0 Å². The Labute approximate surface area is 129 Å². The average Bonchev–Trinajstić information content (AvgIpc) is 2.47. The third-order valence-electron chi connectivity index (χ3n) is 2.98. The van der Waals surface area contributed by atoms with E-state index in [2.05, 4.69) is 4.98 Å². The molecule has 3 rings (SSSR count). The van der Waals surface area contributed by atoms with Gasteiger partial charge in [0.2, 0.25) is 0 Å². The number of aromatic nitrogens is 1. The summed E-state index contributed by atoms with van der Waals surface area (Å²) in [6.45, 7) is 0. The van der Waals surface area contributed by atoms with Crippen LogP contribution in [0.1, 0.15) is 0 Å². The van der Waals surface area contributed by atoms with Crippen LogP contribution < -0.4 is 0 Å². The van der Waals surface area contributed by atoms with Gasteiger partial charge >= 0.3 is 0 Å². The van der Waals surface area contributed by atoms with Crippen LogP contribution >= 0.6 is 23.4 Å². The Morgan fingerprint density at radius 1 is 1.10 bits per heavy atom. The number of non-ortho nitro benzene ring substituents is 1. The zero-order chi connectivity index (χ0) is 14.8. The molecule has 0 atom stereocenters. The number of nitro benzene ring substituents is 1. The van der Waals surface area contributed by atoms with Crippen molar-refractivity contribution in [2.75, 3.05) is 0 Å². The molecule has 0 amide bonds. The maximum Gasteiger partial charge on any atom is 0.277 e. The van der Waals surface area contributed by atoms with Crippen LogP contribution in [0.5, 0.6) is 0 Å². The quantitative estimate of drug-likeness (QED) is 0.390. The monoisotopic (exact) mass is 316 g/mol. The fourth-order valence-electron chi connectivity index (χ4n) is 2.08. The molecule has 4 nitrogen and oxygen atoms in total. The summed E-state index contributed by atoms with van der Waals surface area (Å²) in [7, 11) is 0. The van der Waals surface area contributed by atoms with Crippen LogP contribution in [0.25, 0.3) is 10.8 Å². The maximum atomic E-state index is 11.1. The van der Waals surface area contributed by atoms with Gasteiger partial charge in [0.15, 0.2) is 0 Å². The van der Waals surface area contributed by atoms with Crippen LogP contribution in [0.4, 0.5) is 5.69 Å². The van der Waals surface area contributed by atoms with Crippen LogP contribution in [0.3, 0.4) is 0 Å². The van der Waals surface area contributed by atoms with Gasteiger partial charge in [-0.15, -0.1) is 0 Å². The van der Waals surface area contributed by atoms with E-state index in [1.54, 1.807) is 30.5 Å². The summed E-state index contributed by atoms with van der Waals surface area (Å²) in [6.07, 6.45) is 1.64. The SMILES string of the molecule is O=[N+]([O-])c1ccc(Sc2ccnc(Cl)c2)c2ccccc12. The van der Waals surface area contributed by atoms with E-state index in [0.717, 1.165) is 15.2 Å². The lowest BCUT2D eigenvalue weighted by Gasteiger charge is -2.07. The second kappa shape index (κ2) is 5.71. The highest BCUT2D eigenvalue weighted by Gasteiger charge is 2.14. The van der Waals surface area contributed by atoms with Crippen LogP contribution in [0, 0.1) is 10.1 Å². The number of hydrogen-bond donors (Lipinski definition) is 0. The molecule has 0 radical (unpaired) electrons. The van der Waals surface area contributed by atoms with Gasteiger partial charge < -0.3 is 0 Å². The molecule has 6 heteroatoms. The molecule has 0 unspecified atom stereocenters. The van der Waals surface area contributed by atoms with Crippen LogP contribution in [0.15, 0.2) is 64.5 Å². The molecule has 21 heavy (non-hydrogen) atoms. The van der Waals surface area contributed by atoms with Gasteiger partial charge in [0.25, 0.3) is 5.69 Å². The average molecular weight is 317 g/mol. The Kier molecular flexibility index (Phi) is 3.77. The molecular formula is C15H9ClN2O2S. The number of fused-ring (bicyclic) bond motifs is 1. The second-order valence-electron chi connectivity index (χ2n) is 4.30. The van der Waals surface area contributed by atoms with Gasteiger partial charge in [-0.1, -0.05) is 41.6 Å². The molecule has 0 fully saturated rings. The molecule has 0 spiro atoms. The van der Waals surface area contributed by atoms with E-state index in [1.165, 1.54) is 17.8 Å². The molecule has 0 saturated heterocycles. The van der Waals surface area contributed by atoms with E-state index in [1.807, 2.05) is 18.2 Å². The number of hydrogen-bond acceptors (Lipinski definition) is 4. The number of nitro groups is 1. The van der Waals surface area contributed by atoms with E-state index in [9.17, 15) is 10.1 Å². The highest BCUT2D eigenvalue weighted by molar-refractivity contribution is 7.99. The van der Waals surface area contributed by atoms with Crippen molar-refractivity contribution in [2.45, 2.75) is 9.79 Å². The molecule has 0 aliphatic carbocycles. The van der Waals surface area contributed by atoms with Crippen molar-refractivity contribution >= 4 is 39.8 Å². The normalized spacial score (nSPS) is 10.7. The van der Waals surface area contributed by atoms with Crippen molar-refractivity contribution in [1.82, 2.24) is 4.98 Å². The lowest BCUT2D eigenvalue weighted by molar-refractivity contribution is -0.383. The summed E-state index contributed by atoms with van der Waals surface area (Å²) >= 11 is 7.39. The third kappa shape index (κ3) is 2.84. The Balaban J connectivity index is 2.12. The van der Waals surface area contributed by atoms with Crippen LogP contribution in [-0.4, -0.2) is 9.91 Å². The first-order valence-electron chi connectivity index (χ1n) is 6.11. The highest BCUT2D eigenvalue weighted by Crippen LogP contribution is 2.37. The van der Waals surface area contributed by atoms with Crippen molar-refractivity contribution in [3.8, 4) is 0 Å². The summed E-state index contributed by atoms with van der Waals surface area (Å²) < 4.78 is 0. The predicted molar refractivity (Wildman–Crippen MR) is 84.0 cm³/mol. The standard InChI is InChI=1S/C15H9ClN2O2S/c16-15-9-10(7-8-17-15)21-14-6-5-13(18(19)20)11-3-1-2-4-12(11)14/h1-9H. The van der Waals surface area contributed by atoms with Crippen molar-refractivity contribution in [2.24, 2.45) is 0 Å². The summed E-state index contributed by atoms with van der Waals surface area (Å²) in [5, 5.41) is 13.0. The lowest BCUT2D eigenvalue weighted by Crippen LogP contribution is -1.90. The predicted octanol–water partition coefficient (Wildman–Crippen LogP) is 4.95. The minimum Gasteiger partial charge on any atom is -0.258 e. The summed E-state index contributed by atoms with van der Waals surface area (Å²) in [6, 6.07) is 14.2. The number of pyridine rings is 1. The van der Waals surface area contributed by atoms with E-state index in [4.69, 9.17) is 11.6 Å². The minimum absolute atomic E-state index is 0.114. The van der Waals surface area contributed by atoms with Crippen LogP contribution in [0.2, 0.25) is 5.15 Å². The van der Waals surface area contributed by atoms with Gasteiger partial charge in [0, 0.05) is 27.4 Å². The van der Waals surface area contributed by atoms with Gasteiger partial charge in [-0.3, -0.25) is 10.1 Å². The van der Waals surface area contributed by atoms with E-state index in [-0.39, 0.29) is 10.6 Å². The number of rotatable bonds is 3. The fourth-order valence-corrected chi connectivity index (χ4v) is 3.29. The van der Waals surface area contributed by atoms with Crippen molar-refractivity contribution in [1.29, 1.82) is 0 Å². The first-order chi connectivity index (χ1) is 10.1. The van der Waals surface area contributed by atoms with Gasteiger partial charge in [-0.25, -0.2) is 4.98 Å². The van der Waals surface area contributed by atoms with E-state index >= 15 is 0 Å². The molecule has 104 valence electrons.